The number of hydrogen-bond donors (Lipinski definition) is 4. The van der Waals surface area contributed by atoms with E-state index in [0.717, 1.165) is 5.57 Å². The number of aromatic amines is 1. The molecule has 14 nitrogen and oxygen atoms in total. The van der Waals surface area contributed by atoms with Crippen LogP contribution in [-0.2, 0) is 49.4 Å². The highest BCUT2D eigenvalue weighted by atomic mass is 16.7. The minimum atomic E-state index is -1.60. The topological polar surface area (TPSA) is 192 Å². The monoisotopic (exact) mass is 745 g/mol. The molecule has 0 amide bonds. The van der Waals surface area contributed by atoms with E-state index in [9.17, 15) is 29.7 Å². The molecule has 5 aliphatic rings. The zero-order valence-corrected chi connectivity index (χ0v) is 31.7. The summed E-state index contributed by atoms with van der Waals surface area (Å²) in [6.07, 6.45) is 0.521. The summed E-state index contributed by atoms with van der Waals surface area (Å²) in [6.45, 7) is 9.35. The van der Waals surface area contributed by atoms with E-state index in [-0.39, 0.29) is 55.6 Å². The van der Waals surface area contributed by atoms with Gasteiger partial charge < -0.3 is 53.5 Å². The van der Waals surface area contributed by atoms with E-state index in [1.54, 1.807) is 26.4 Å². The van der Waals surface area contributed by atoms with Crippen LogP contribution in [0.5, 0.6) is 0 Å². The normalized spacial score (nSPS) is 39.8. The summed E-state index contributed by atoms with van der Waals surface area (Å²) < 4.78 is 40.9. The van der Waals surface area contributed by atoms with Gasteiger partial charge >= 0.3 is 17.9 Å². The Morgan fingerprint density at radius 2 is 1.83 bits per heavy atom. The van der Waals surface area contributed by atoms with Crippen LogP contribution in [0, 0.1) is 34.0 Å². The van der Waals surface area contributed by atoms with Gasteiger partial charge in [0.25, 0.3) is 0 Å². The minimum absolute atomic E-state index is 0.00534. The Balaban J connectivity index is 1.41. The van der Waals surface area contributed by atoms with E-state index in [4.69, 9.17) is 33.2 Å². The Morgan fingerprint density at radius 1 is 1.08 bits per heavy atom. The maximum Gasteiger partial charge on any atom is 0.376 e. The van der Waals surface area contributed by atoms with Crippen LogP contribution in [0.15, 0.2) is 35.1 Å². The molecule has 4 N–H and O–H groups in total. The number of esters is 3. The lowest BCUT2D eigenvalue weighted by Gasteiger charge is -2.68. The molecule has 6 rings (SSSR count). The first-order valence-corrected chi connectivity index (χ1v) is 18.6. The molecule has 3 aliphatic carbocycles. The summed E-state index contributed by atoms with van der Waals surface area (Å²) in [6, 6.07) is 3.37. The maximum absolute atomic E-state index is 13.7. The van der Waals surface area contributed by atoms with Crippen molar-refractivity contribution in [2.24, 2.45) is 34.0 Å². The highest BCUT2D eigenvalue weighted by molar-refractivity contribution is 5.89. The van der Waals surface area contributed by atoms with Crippen molar-refractivity contribution in [2.45, 2.75) is 117 Å². The standard InChI is InChI=1S/C39H55NO13/c1-20-8-12-26-37(4,32(20)31-33(43)36(46)53-35(31)45)15-14-27-38(26,5)28(42)16-29(52-22(3)41)39(27,18-49-30-13-11-25(48-7)21(2)51-30)19-50-34(44)24-10-9-23(40-24)17-47-6/h8-10,21,25-30,32,35,40,42-43,45H,11-19H2,1-7H3/t21-,25+,26+,27+,28-,29+,30+,32-,35?,37+,38+,39+/m0/s1. The van der Waals surface area contributed by atoms with E-state index in [2.05, 4.69) is 11.9 Å². The number of aliphatic hydroxyl groups excluding tert-OH is 3. The molecule has 12 atom stereocenters. The summed E-state index contributed by atoms with van der Waals surface area (Å²) in [5.74, 6) is -3.95. The molecular formula is C39H55NO13. The highest BCUT2D eigenvalue weighted by Gasteiger charge is 2.70. The fraction of sp³-hybridized carbons (Fsp3) is 0.718. The van der Waals surface area contributed by atoms with E-state index in [1.807, 2.05) is 26.8 Å². The van der Waals surface area contributed by atoms with Gasteiger partial charge in [-0.05, 0) is 68.9 Å². The molecule has 2 saturated carbocycles. The molecule has 1 aromatic heterocycles. The Morgan fingerprint density at radius 3 is 2.47 bits per heavy atom. The third kappa shape index (κ3) is 6.84. The number of rotatable bonds is 11. The second-order valence-electron chi connectivity index (χ2n) is 16.1. The Labute approximate surface area is 310 Å². The average molecular weight is 746 g/mol. The average Bonchev–Trinajstić information content (AvgIpc) is 3.67. The Bertz CT molecular complexity index is 1620. The minimum Gasteiger partial charge on any atom is -0.502 e. The van der Waals surface area contributed by atoms with Crippen LogP contribution in [0.25, 0.3) is 0 Å². The van der Waals surface area contributed by atoms with Gasteiger partial charge in [0.05, 0.1) is 42.5 Å². The van der Waals surface area contributed by atoms with E-state index in [1.165, 1.54) is 6.92 Å². The van der Waals surface area contributed by atoms with Crippen molar-refractivity contribution >= 4 is 17.9 Å². The van der Waals surface area contributed by atoms with Gasteiger partial charge in [0, 0.05) is 51.0 Å². The SMILES string of the molecule is COCc1ccc(C(=O)OC[C@@]2(CO[C@H]3CC[C@@H](OC)[C@H](C)O3)[C@H](OC(C)=O)C[C@H](O)[C@]3(C)[C@@H]4CC=C(C)[C@@H](C5=C(O)C(=O)OC5O)[C@]4(C)CC[C@@H]23)[nH]1. The first-order chi connectivity index (χ1) is 25.1. The number of nitrogens with one attached hydrogen (secondary N) is 1. The van der Waals surface area contributed by atoms with Crippen molar-refractivity contribution in [1.82, 2.24) is 4.98 Å². The van der Waals surface area contributed by atoms with Crippen molar-refractivity contribution in [3.8, 4) is 0 Å². The maximum atomic E-state index is 13.7. The molecule has 3 fully saturated rings. The number of allylic oxidation sites excluding steroid dienone is 2. The lowest BCUT2D eigenvalue weighted by molar-refractivity contribution is -0.285. The Kier molecular flexibility index (Phi) is 11.2. The summed E-state index contributed by atoms with van der Waals surface area (Å²) in [7, 11) is 3.21. The number of carbonyl (C=O) groups excluding carboxylic acids is 3. The fourth-order valence-electron chi connectivity index (χ4n) is 10.8. The molecule has 0 bridgehead atoms. The predicted octanol–water partition coefficient (Wildman–Crippen LogP) is 4.25. The number of carbonyl (C=O) groups is 3. The quantitative estimate of drug-likeness (QED) is 0.143. The van der Waals surface area contributed by atoms with Crippen LogP contribution in [0.3, 0.4) is 0 Å². The number of H-pyrrole nitrogens is 1. The molecule has 2 aliphatic heterocycles. The number of aromatic nitrogens is 1. The second-order valence-corrected chi connectivity index (χ2v) is 16.1. The molecule has 53 heavy (non-hydrogen) atoms. The van der Waals surface area contributed by atoms with Crippen LogP contribution < -0.4 is 0 Å². The summed E-state index contributed by atoms with van der Waals surface area (Å²) in [5.41, 5.74) is -0.738. The summed E-state index contributed by atoms with van der Waals surface area (Å²) in [4.78, 5) is 41.9. The number of ether oxygens (including phenoxy) is 7. The third-order valence-electron chi connectivity index (χ3n) is 13.3. The summed E-state index contributed by atoms with van der Waals surface area (Å²) in [5, 5.41) is 34.0. The zero-order valence-electron chi connectivity index (χ0n) is 31.7. The van der Waals surface area contributed by atoms with Crippen molar-refractivity contribution < 1.29 is 62.9 Å². The van der Waals surface area contributed by atoms with Gasteiger partial charge in [-0.15, -0.1) is 0 Å². The van der Waals surface area contributed by atoms with Crippen LogP contribution in [-0.4, -0.2) is 103 Å². The molecular weight excluding hydrogens is 690 g/mol. The van der Waals surface area contributed by atoms with Crippen LogP contribution in [0.2, 0.25) is 0 Å². The van der Waals surface area contributed by atoms with Gasteiger partial charge in [0.2, 0.25) is 12.0 Å². The van der Waals surface area contributed by atoms with Gasteiger partial charge in [-0.2, -0.15) is 0 Å². The molecule has 294 valence electrons. The Hall–Kier alpha value is -3.27. The molecule has 3 heterocycles. The van der Waals surface area contributed by atoms with Crippen molar-refractivity contribution in [3.63, 3.8) is 0 Å². The number of methoxy groups -OCH3 is 2. The molecule has 0 spiro atoms. The third-order valence-corrected chi connectivity index (χ3v) is 13.3. The largest absolute Gasteiger partial charge is 0.502 e. The van der Waals surface area contributed by atoms with Gasteiger partial charge in [-0.25, -0.2) is 9.59 Å². The van der Waals surface area contributed by atoms with Gasteiger partial charge in [-0.3, -0.25) is 4.79 Å². The first-order valence-electron chi connectivity index (χ1n) is 18.6. The van der Waals surface area contributed by atoms with Gasteiger partial charge in [0.15, 0.2) is 6.29 Å². The van der Waals surface area contributed by atoms with E-state index in [0.29, 0.717) is 37.8 Å². The van der Waals surface area contributed by atoms with Crippen molar-refractivity contribution in [2.75, 3.05) is 27.4 Å². The molecule has 1 unspecified atom stereocenters. The molecule has 0 radical (unpaired) electrons. The van der Waals surface area contributed by atoms with E-state index >= 15 is 0 Å². The lowest BCUT2D eigenvalue weighted by atomic mass is 9.38. The van der Waals surface area contributed by atoms with E-state index < -0.39 is 76.5 Å². The molecule has 1 aromatic rings. The highest BCUT2D eigenvalue weighted by Crippen LogP contribution is 2.70. The van der Waals surface area contributed by atoms with Crippen molar-refractivity contribution in [3.05, 3.63) is 46.5 Å². The van der Waals surface area contributed by atoms with Crippen LogP contribution in [0.1, 0.15) is 89.3 Å². The lowest BCUT2D eigenvalue weighted by Crippen LogP contribution is -2.69. The molecule has 1 saturated heterocycles. The van der Waals surface area contributed by atoms with Crippen molar-refractivity contribution in [1.29, 1.82) is 0 Å². The molecule has 0 aromatic carbocycles. The predicted molar refractivity (Wildman–Crippen MR) is 187 cm³/mol. The van der Waals surface area contributed by atoms with Crippen LogP contribution in [0.4, 0.5) is 0 Å². The number of fused-ring (bicyclic) bond motifs is 3. The molecule has 14 heteroatoms. The number of aliphatic hydroxyl groups is 3. The first kappa shape index (κ1) is 39.4. The van der Waals surface area contributed by atoms with Crippen LogP contribution >= 0.6 is 0 Å². The fourth-order valence-corrected chi connectivity index (χ4v) is 10.8. The van der Waals surface area contributed by atoms with Gasteiger partial charge in [-0.1, -0.05) is 25.5 Å². The number of cyclic esters (lactones) is 1. The smallest absolute Gasteiger partial charge is 0.376 e. The summed E-state index contributed by atoms with van der Waals surface area (Å²) >= 11 is 0. The number of hydrogen-bond acceptors (Lipinski definition) is 13. The zero-order chi connectivity index (χ0) is 38.5. The second kappa shape index (κ2) is 15.1. The van der Waals surface area contributed by atoms with Gasteiger partial charge in [0.1, 0.15) is 18.4 Å².